The van der Waals surface area contributed by atoms with E-state index < -0.39 is 21.7 Å². The maximum absolute atomic E-state index is 13.9. The SMILES string of the molecule is CCN(CC)S(=O)(=O)c1ccc(F)c(C(=O)NCc2ccco2)c1. The highest BCUT2D eigenvalue weighted by Crippen LogP contribution is 2.19. The Balaban J connectivity index is 2.26. The highest BCUT2D eigenvalue weighted by molar-refractivity contribution is 7.89. The van der Waals surface area contributed by atoms with Gasteiger partial charge in [0.25, 0.3) is 5.91 Å². The van der Waals surface area contributed by atoms with Gasteiger partial charge in [-0.15, -0.1) is 0 Å². The van der Waals surface area contributed by atoms with Gasteiger partial charge < -0.3 is 9.73 Å². The van der Waals surface area contributed by atoms with Gasteiger partial charge in [-0.25, -0.2) is 12.8 Å². The van der Waals surface area contributed by atoms with Crippen LogP contribution in [-0.2, 0) is 16.6 Å². The molecule has 1 heterocycles. The van der Waals surface area contributed by atoms with Crippen LogP contribution in [0.2, 0.25) is 0 Å². The fraction of sp³-hybridized carbons (Fsp3) is 0.312. The molecule has 0 bridgehead atoms. The second-order valence-corrected chi connectivity index (χ2v) is 6.93. The Bertz CT molecular complexity index is 799. The van der Waals surface area contributed by atoms with Crippen LogP contribution in [0.3, 0.4) is 0 Å². The number of benzene rings is 1. The van der Waals surface area contributed by atoms with E-state index in [4.69, 9.17) is 4.42 Å². The largest absolute Gasteiger partial charge is 0.467 e. The lowest BCUT2D eigenvalue weighted by molar-refractivity contribution is 0.0943. The molecule has 0 unspecified atom stereocenters. The van der Waals surface area contributed by atoms with E-state index in [0.29, 0.717) is 5.76 Å². The lowest BCUT2D eigenvalue weighted by Gasteiger charge is -2.18. The molecule has 130 valence electrons. The molecule has 6 nitrogen and oxygen atoms in total. The highest BCUT2D eigenvalue weighted by atomic mass is 32.2. The van der Waals surface area contributed by atoms with Crippen molar-refractivity contribution in [2.45, 2.75) is 25.3 Å². The molecule has 0 saturated carbocycles. The monoisotopic (exact) mass is 354 g/mol. The molecule has 0 spiro atoms. The van der Waals surface area contributed by atoms with Gasteiger partial charge in [0.2, 0.25) is 10.0 Å². The Morgan fingerprint density at radius 2 is 1.96 bits per heavy atom. The number of hydrogen-bond donors (Lipinski definition) is 1. The van der Waals surface area contributed by atoms with E-state index in [1.165, 1.54) is 10.6 Å². The van der Waals surface area contributed by atoms with Crippen molar-refractivity contribution in [3.05, 3.63) is 53.7 Å². The van der Waals surface area contributed by atoms with Crippen LogP contribution in [0.15, 0.2) is 45.9 Å². The van der Waals surface area contributed by atoms with E-state index in [1.54, 1.807) is 26.0 Å². The number of carbonyl (C=O) groups excluding carboxylic acids is 1. The molecule has 1 amide bonds. The van der Waals surface area contributed by atoms with Crippen molar-refractivity contribution >= 4 is 15.9 Å². The van der Waals surface area contributed by atoms with Crippen LogP contribution in [-0.4, -0.2) is 31.7 Å². The van der Waals surface area contributed by atoms with E-state index in [0.717, 1.165) is 18.2 Å². The van der Waals surface area contributed by atoms with Crippen LogP contribution >= 0.6 is 0 Å². The summed E-state index contributed by atoms with van der Waals surface area (Å²) < 4.78 is 45.2. The van der Waals surface area contributed by atoms with Crippen molar-refractivity contribution in [1.82, 2.24) is 9.62 Å². The Kier molecular flexibility index (Phi) is 5.74. The normalized spacial score (nSPS) is 11.7. The zero-order valence-corrected chi connectivity index (χ0v) is 14.3. The molecule has 1 aromatic heterocycles. The van der Waals surface area contributed by atoms with Gasteiger partial charge in [0.15, 0.2) is 0 Å². The van der Waals surface area contributed by atoms with Crippen molar-refractivity contribution in [3.63, 3.8) is 0 Å². The summed E-state index contributed by atoms with van der Waals surface area (Å²) in [6.45, 7) is 4.08. The summed E-state index contributed by atoms with van der Waals surface area (Å²) >= 11 is 0. The Morgan fingerprint density at radius 1 is 1.25 bits per heavy atom. The van der Waals surface area contributed by atoms with E-state index in [2.05, 4.69) is 5.32 Å². The van der Waals surface area contributed by atoms with E-state index in [-0.39, 0.29) is 30.1 Å². The molecule has 8 heteroatoms. The summed E-state index contributed by atoms with van der Waals surface area (Å²) in [6.07, 6.45) is 1.46. The number of rotatable bonds is 7. The molecular weight excluding hydrogens is 335 g/mol. The first-order valence-corrected chi connectivity index (χ1v) is 8.94. The van der Waals surface area contributed by atoms with E-state index >= 15 is 0 Å². The third-order valence-electron chi connectivity index (χ3n) is 3.53. The average Bonchev–Trinajstić information content (AvgIpc) is 3.07. The van der Waals surface area contributed by atoms with Gasteiger partial charge in [-0.1, -0.05) is 13.8 Å². The maximum atomic E-state index is 13.9. The number of nitrogens with zero attached hydrogens (tertiary/aromatic N) is 1. The van der Waals surface area contributed by atoms with Crippen molar-refractivity contribution in [3.8, 4) is 0 Å². The Labute approximate surface area is 140 Å². The minimum atomic E-state index is -3.76. The van der Waals surface area contributed by atoms with Crippen molar-refractivity contribution < 1.29 is 22.0 Å². The molecule has 2 rings (SSSR count). The molecule has 2 aromatic rings. The first kappa shape index (κ1) is 18.2. The standard InChI is InChI=1S/C16H19FN2O4S/c1-3-19(4-2)24(21,22)13-7-8-15(17)14(10-13)16(20)18-11-12-6-5-9-23-12/h5-10H,3-4,11H2,1-2H3,(H,18,20). The zero-order valence-electron chi connectivity index (χ0n) is 13.5. The van der Waals surface area contributed by atoms with Crippen LogP contribution in [0.4, 0.5) is 4.39 Å². The number of carbonyl (C=O) groups is 1. The quantitative estimate of drug-likeness (QED) is 0.828. The van der Waals surface area contributed by atoms with Gasteiger partial charge >= 0.3 is 0 Å². The summed E-state index contributed by atoms with van der Waals surface area (Å²) in [5.74, 6) is -0.985. The van der Waals surface area contributed by atoms with E-state index in [1.807, 2.05) is 0 Å². The first-order chi connectivity index (χ1) is 11.4. The van der Waals surface area contributed by atoms with E-state index in [9.17, 15) is 17.6 Å². The summed E-state index contributed by atoms with van der Waals surface area (Å²) in [5.41, 5.74) is -0.324. The maximum Gasteiger partial charge on any atom is 0.254 e. The van der Waals surface area contributed by atoms with Crippen LogP contribution in [0, 0.1) is 5.82 Å². The van der Waals surface area contributed by atoms with Crippen molar-refractivity contribution in [2.75, 3.05) is 13.1 Å². The fourth-order valence-electron chi connectivity index (χ4n) is 2.23. The van der Waals surface area contributed by atoms with Crippen molar-refractivity contribution in [1.29, 1.82) is 0 Å². The molecule has 1 N–H and O–H groups in total. The third kappa shape index (κ3) is 3.82. The smallest absolute Gasteiger partial charge is 0.254 e. The average molecular weight is 354 g/mol. The molecule has 0 aliphatic carbocycles. The third-order valence-corrected chi connectivity index (χ3v) is 5.57. The molecule has 0 atom stereocenters. The summed E-state index contributed by atoms with van der Waals surface area (Å²) in [6, 6.07) is 6.53. The molecule has 1 aromatic carbocycles. The number of hydrogen-bond acceptors (Lipinski definition) is 4. The fourth-order valence-corrected chi connectivity index (χ4v) is 3.71. The number of amides is 1. The first-order valence-electron chi connectivity index (χ1n) is 7.50. The minimum Gasteiger partial charge on any atom is -0.467 e. The molecule has 0 saturated heterocycles. The molecular formula is C16H19FN2O4S. The second-order valence-electron chi connectivity index (χ2n) is 4.99. The van der Waals surface area contributed by atoms with Gasteiger partial charge in [0, 0.05) is 13.1 Å². The Hall–Kier alpha value is -2.19. The molecule has 24 heavy (non-hydrogen) atoms. The summed E-state index contributed by atoms with van der Waals surface area (Å²) in [4.78, 5) is 12.0. The van der Waals surface area contributed by atoms with Gasteiger partial charge in [-0.05, 0) is 30.3 Å². The minimum absolute atomic E-state index is 0.0816. The lowest BCUT2D eigenvalue weighted by atomic mass is 10.2. The second kappa shape index (κ2) is 7.59. The number of nitrogens with one attached hydrogen (secondary N) is 1. The van der Waals surface area contributed by atoms with Gasteiger partial charge in [-0.2, -0.15) is 4.31 Å². The van der Waals surface area contributed by atoms with Crippen molar-refractivity contribution in [2.24, 2.45) is 0 Å². The number of furan rings is 1. The summed E-state index contributed by atoms with van der Waals surface area (Å²) in [7, 11) is -3.76. The number of halogens is 1. The molecule has 0 aliphatic heterocycles. The highest BCUT2D eigenvalue weighted by Gasteiger charge is 2.24. The van der Waals surface area contributed by atoms with Crippen LogP contribution < -0.4 is 5.32 Å². The zero-order chi connectivity index (χ0) is 17.7. The lowest BCUT2D eigenvalue weighted by Crippen LogP contribution is -2.31. The van der Waals surface area contributed by atoms with Gasteiger partial charge in [-0.3, -0.25) is 4.79 Å². The molecule has 0 radical (unpaired) electrons. The van der Waals surface area contributed by atoms with Crippen LogP contribution in [0.1, 0.15) is 30.0 Å². The van der Waals surface area contributed by atoms with Crippen LogP contribution in [0.25, 0.3) is 0 Å². The molecule has 0 aliphatic rings. The topological polar surface area (TPSA) is 79.6 Å². The summed E-state index contributed by atoms with van der Waals surface area (Å²) in [5, 5.41) is 2.50. The number of sulfonamides is 1. The Morgan fingerprint density at radius 3 is 2.54 bits per heavy atom. The predicted molar refractivity (Wildman–Crippen MR) is 86.4 cm³/mol. The molecule has 0 fully saturated rings. The van der Waals surface area contributed by atoms with Crippen LogP contribution in [0.5, 0.6) is 0 Å². The predicted octanol–water partition coefficient (Wildman–Crippen LogP) is 2.38. The van der Waals surface area contributed by atoms with Gasteiger partial charge in [0.1, 0.15) is 11.6 Å². The van der Waals surface area contributed by atoms with Gasteiger partial charge in [0.05, 0.1) is 23.3 Å².